The van der Waals surface area contributed by atoms with E-state index in [0.717, 1.165) is 24.9 Å². The van der Waals surface area contributed by atoms with Gasteiger partial charge in [-0.3, -0.25) is 4.79 Å². The summed E-state index contributed by atoms with van der Waals surface area (Å²) in [5, 5.41) is 5.98. The van der Waals surface area contributed by atoms with Gasteiger partial charge in [-0.05, 0) is 38.1 Å². The largest absolute Gasteiger partial charge is 0.493 e. The Labute approximate surface area is 127 Å². The van der Waals surface area contributed by atoms with Gasteiger partial charge in [0.2, 0.25) is 0 Å². The Kier molecular flexibility index (Phi) is 7.61. The molecule has 1 aromatic rings. The SMILES string of the molecule is CCCC(C)NC(=O)COc1ccc(CNC)cc1OC. The summed E-state index contributed by atoms with van der Waals surface area (Å²) in [5.41, 5.74) is 1.10. The monoisotopic (exact) mass is 294 g/mol. The Hall–Kier alpha value is -1.75. The lowest BCUT2D eigenvalue weighted by Crippen LogP contribution is -2.35. The number of hydrogen-bond acceptors (Lipinski definition) is 4. The first kappa shape index (κ1) is 17.3. The van der Waals surface area contributed by atoms with Gasteiger partial charge in [0.1, 0.15) is 0 Å². The standard InChI is InChI=1S/C16H26N2O3/c1-5-6-12(2)18-16(19)11-21-14-8-7-13(10-17-3)9-15(14)20-4/h7-9,12,17H,5-6,10-11H2,1-4H3,(H,18,19). The van der Waals surface area contributed by atoms with Crippen LogP contribution in [0, 0.1) is 0 Å². The number of rotatable bonds is 9. The molecule has 0 saturated heterocycles. The highest BCUT2D eigenvalue weighted by molar-refractivity contribution is 5.77. The van der Waals surface area contributed by atoms with Gasteiger partial charge in [-0.2, -0.15) is 0 Å². The third-order valence-corrected chi connectivity index (χ3v) is 3.10. The molecule has 0 bridgehead atoms. The first-order valence-corrected chi connectivity index (χ1v) is 7.34. The van der Waals surface area contributed by atoms with Gasteiger partial charge in [-0.15, -0.1) is 0 Å². The fraction of sp³-hybridized carbons (Fsp3) is 0.562. The van der Waals surface area contributed by atoms with Crippen LogP contribution in [0.5, 0.6) is 11.5 Å². The molecule has 5 heteroatoms. The normalized spacial score (nSPS) is 11.8. The Balaban J connectivity index is 2.56. The summed E-state index contributed by atoms with van der Waals surface area (Å²) in [6.07, 6.45) is 2.01. The van der Waals surface area contributed by atoms with Crippen LogP contribution in [0.4, 0.5) is 0 Å². The number of carbonyl (C=O) groups is 1. The molecule has 2 N–H and O–H groups in total. The van der Waals surface area contributed by atoms with E-state index in [4.69, 9.17) is 9.47 Å². The molecular formula is C16H26N2O3. The zero-order chi connectivity index (χ0) is 15.7. The Morgan fingerprint density at radius 1 is 1.33 bits per heavy atom. The fourth-order valence-corrected chi connectivity index (χ4v) is 2.11. The van der Waals surface area contributed by atoms with E-state index in [1.54, 1.807) is 7.11 Å². The van der Waals surface area contributed by atoms with E-state index in [-0.39, 0.29) is 18.6 Å². The lowest BCUT2D eigenvalue weighted by Gasteiger charge is -2.15. The second-order valence-corrected chi connectivity index (χ2v) is 5.06. The van der Waals surface area contributed by atoms with E-state index in [1.165, 1.54) is 0 Å². The highest BCUT2D eigenvalue weighted by atomic mass is 16.5. The van der Waals surface area contributed by atoms with E-state index in [1.807, 2.05) is 32.2 Å². The molecule has 1 atom stereocenters. The molecule has 1 rings (SSSR count). The summed E-state index contributed by atoms with van der Waals surface area (Å²) < 4.78 is 10.8. The van der Waals surface area contributed by atoms with Crippen LogP contribution < -0.4 is 20.1 Å². The van der Waals surface area contributed by atoms with Crippen LogP contribution in [-0.4, -0.2) is 32.7 Å². The molecule has 21 heavy (non-hydrogen) atoms. The van der Waals surface area contributed by atoms with Crippen molar-refractivity contribution in [2.45, 2.75) is 39.3 Å². The van der Waals surface area contributed by atoms with Crippen LogP contribution in [0.1, 0.15) is 32.3 Å². The van der Waals surface area contributed by atoms with Crippen LogP contribution in [0.15, 0.2) is 18.2 Å². The van der Waals surface area contributed by atoms with E-state index >= 15 is 0 Å². The number of carbonyl (C=O) groups excluding carboxylic acids is 1. The second kappa shape index (κ2) is 9.23. The highest BCUT2D eigenvalue weighted by Crippen LogP contribution is 2.27. The predicted octanol–water partition coefficient (Wildman–Crippen LogP) is 2.10. The van der Waals surface area contributed by atoms with Gasteiger partial charge in [0, 0.05) is 12.6 Å². The topological polar surface area (TPSA) is 59.6 Å². The zero-order valence-electron chi connectivity index (χ0n) is 13.4. The van der Waals surface area contributed by atoms with Crippen molar-refractivity contribution < 1.29 is 14.3 Å². The Morgan fingerprint density at radius 3 is 2.71 bits per heavy atom. The zero-order valence-corrected chi connectivity index (χ0v) is 13.4. The first-order chi connectivity index (χ1) is 10.1. The van der Waals surface area contributed by atoms with Crippen molar-refractivity contribution >= 4 is 5.91 Å². The minimum absolute atomic E-state index is 0.00418. The molecule has 1 unspecified atom stereocenters. The molecule has 1 aromatic carbocycles. The molecule has 118 valence electrons. The van der Waals surface area contributed by atoms with Gasteiger partial charge in [-0.25, -0.2) is 0 Å². The smallest absolute Gasteiger partial charge is 0.258 e. The Bertz CT molecular complexity index is 449. The quantitative estimate of drug-likeness (QED) is 0.732. The number of methoxy groups -OCH3 is 1. The fourth-order valence-electron chi connectivity index (χ4n) is 2.11. The molecule has 0 aliphatic heterocycles. The van der Waals surface area contributed by atoms with Gasteiger partial charge in [0.05, 0.1) is 7.11 Å². The number of hydrogen-bond donors (Lipinski definition) is 2. The van der Waals surface area contributed by atoms with Crippen molar-refractivity contribution in [2.75, 3.05) is 20.8 Å². The highest BCUT2D eigenvalue weighted by Gasteiger charge is 2.10. The average molecular weight is 294 g/mol. The average Bonchev–Trinajstić information content (AvgIpc) is 2.46. The number of ether oxygens (including phenoxy) is 2. The molecule has 0 saturated carbocycles. The summed E-state index contributed by atoms with van der Waals surface area (Å²) in [6.45, 7) is 4.84. The van der Waals surface area contributed by atoms with Crippen molar-refractivity contribution in [1.82, 2.24) is 10.6 Å². The van der Waals surface area contributed by atoms with E-state index < -0.39 is 0 Å². The van der Waals surface area contributed by atoms with Crippen molar-refractivity contribution in [1.29, 1.82) is 0 Å². The minimum atomic E-state index is -0.114. The van der Waals surface area contributed by atoms with Crippen LogP contribution in [0.25, 0.3) is 0 Å². The number of benzene rings is 1. The van der Waals surface area contributed by atoms with E-state index in [2.05, 4.69) is 17.6 Å². The molecule has 0 spiro atoms. The lowest BCUT2D eigenvalue weighted by molar-refractivity contribution is -0.123. The molecular weight excluding hydrogens is 268 g/mol. The minimum Gasteiger partial charge on any atom is -0.493 e. The molecule has 0 aliphatic carbocycles. The van der Waals surface area contributed by atoms with Gasteiger partial charge < -0.3 is 20.1 Å². The second-order valence-electron chi connectivity index (χ2n) is 5.06. The van der Waals surface area contributed by atoms with E-state index in [9.17, 15) is 4.79 Å². The molecule has 5 nitrogen and oxygen atoms in total. The summed E-state index contributed by atoms with van der Waals surface area (Å²) >= 11 is 0. The maximum absolute atomic E-state index is 11.8. The van der Waals surface area contributed by atoms with Gasteiger partial charge in [-0.1, -0.05) is 19.4 Å². The van der Waals surface area contributed by atoms with Crippen LogP contribution in [-0.2, 0) is 11.3 Å². The third-order valence-electron chi connectivity index (χ3n) is 3.10. The molecule has 0 aromatic heterocycles. The maximum atomic E-state index is 11.8. The van der Waals surface area contributed by atoms with Crippen LogP contribution in [0.3, 0.4) is 0 Å². The van der Waals surface area contributed by atoms with Gasteiger partial charge in [0.25, 0.3) is 5.91 Å². The van der Waals surface area contributed by atoms with Crippen molar-refractivity contribution in [3.8, 4) is 11.5 Å². The third kappa shape index (κ3) is 6.04. The Morgan fingerprint density at radius 2 is 2.10 bits per heavy atom. The molecule has 0 radical (unpaired) electrons. The number of amides is 1. The summed E-state index contributed by atoms with van der Waals surface area (Å²) in [7, 11) is 3.48. The summed E-state index contributed by atoms with van der Waals surface area (Å²) in [4.78, 5) is 11.8. The molecule has 0 fully saturated rings. The van der Waals surface area contributed by atoms with Crippen molar-refractivity contribution in [2.24, 2.45) is 0 Å². The van der Waals surface area contributed by atoms with E-state index in [0.29, 0.717) is 11.5 Å². The summed E-state index contributed by atoms with van der Waals surface area (Å²) in [5.74, 6) is 1.10. The van der Waals surface area contributed by atoms with Gasteiger partial charge >= 0.3 is 0 Å². The molecule has 0 aliphatic rings. The predicted molar refractivity (Wildman–Crippen MR) is 83.8 cm³/mol. The molecule has 0 heterocycles. The van der Waals surface area contributed by atoms with Crippen molar-refractivity contribution in [3.05, 3.63) is 23.8 Å². The van der Waals surface area contributed by atoms with Crippen molar-refractivity contribution in [3.63, 3.8) is 0 Å². The van der Waals surface area contributed by atoms with Crippen LogP contribution >= 0.6 is 0 Å². The first-order valence-electron chi connectivity index (χ1n) is 7.34. The van der Waals surface area contributed by atoms with Gasteiger partial charge in [0.15, 0.2) is 18.1 Å². The van der Waals surface area contributed by atoms with Crippen LogP contribution in [0.2, 0.25) is 0 Å². The maximum Gasteiger partial charge on any atom is 0.258 e. The molecule has 1 amide bonds. The summed E-state index contributed by atoms with van der Waals surface area (Å²) in [6, 6.07) is 5.86. The lowest BCUT2D eigenvalue weighted by atomic mass is 10.2. The number of nitrogens with one attached hydrogen (secondary N) is 2.